The monoisotopic (exact) mass is 393 g/mol. The SMILES string of the molecule is C[C@H](Cc1ccc2ccccc2c1)C(=O)COCc1ccc(CN)cc1.O=CO. The van der Waals surface area contributed by atoms with Crippen molar-refractivity contribution in [1.29, 1.82) is 0 Å². The van der Waals surface area contributed by atoms with Crippen LogP contribution >= 0.6 is 0 Å². The van der Waals surface area contributed by atoms with Gasteiger partial charge < -0.3 is 15.6 Å². The minimum Gasteiger partial charge on any atom is -0.483 e. The van der Waals surface area contributed by atoms with E-state index in [2.05, 4.69) is 30.3 Å². The predicted octanol–water partition coefficient (Wildman–Crippen LogP) is 3.96. The number of nitrogens with two attached hydrogens (primary N) is 1. The molecule has 3 aromatic carbocycles. The molecule has 0 unspecified atom stereocenters. The van der Waals surface area contributed by atoms with Gasteiger partial charge >= 0.3 is 0 Å². The lowest BCUT2D eigenvalue weighted by Crippen LogP contribution is -2.19. The van der Waals surface area contributed by atoms with E-state index in [1.54, 1.807) is 0 Å². The molecule has 1 atom stereocenters. The number of carboxylic acid groups (broad SMARTS) is 1. The summed E-state index contributed by atoms with van der Waals surface area (Å²) in [7, 11) is 0. The number of ketones is 1. The van der Waals surface area contributed by atoms with Crippen LogP contribution in [0, 0.1) is 5.92 Å². The molecule has 3 aromatic rings. The van der Waals surface area contributed by atoms with Gasteiger partial charge in [0.05, 0.1) is 6.61 Å². The Morgan fingerprint density at radius 1 is 1.00 bits per heavy atom. The molecule has 0 aliphatic carbocycles. The second-order valence-electron chi connectivity index (χ2n) is 6.87. The van der Waals surface area contributed by atoms with Crippen LogP contribution in [0.2, 0.25) is 0 Å². The van der Waals surface area contributed by atoms with Gasteiger partial charge in [0.15, 0.2) is 5.78 Å². The summed E-state index contributed by atoms with van der Waals surface area (Å²) in [5.74, 6) is 0.0764. The van der Waals surface area contributed by atoms with E-state index in [0.29, 0.717) is 13.2 Å². The first-order valence-corrected chi connectivity index (χ1v) is 9.51. The van der Waals surface area contributed by atoms with Gasteiger partial charge in [0.25, 0.3) is 6.47 Å². The molecule has 0 aliphatic heterocycles. The van der Waals surface area contributed by atoms with Gasteiger partial charge in [0, 0.05) is 12.5 Å². The van der Waals surface area contributed by atoms with E-state index in [9.17, 15) is 4.79 Å². The van der Waals surface area contributed by atoms with Crippen molar-refractivity contribution in [1.82, 2.24) is 0 Å². The molecule has 5 nitrogen and oxygen atoms in total. The Labute approximate surface area is 171 Å². The van der Waals surface area contributed by atoms with Gasteiger partial charge in [0.1, 0.15) is 6.61 Å². The normalized spacial score (nSPS) is 11.4. The Kier molecular flexibility index (Phi) is 9.02. The lowest BCUT2D eigenvalue weighted by atomic mass is 9.95. The molecule has 0 radical (unpaired) electrons. The number of hydrogen-bond acceptors (Lipinski definition) is 4. The summed E-state index contributed by atoms with van der Waals surface area (Å²) in [4.78, 5) is 20.7. The Hall–Kier alpha value is -3.02. The molecule has 0 amide bonds. The van der Waals surface area contributed by atoms with Crippen molar-refractivity contribution < 1.29 is 19.4 Å². The van der Waals surface area contributed by atoms with Gasteiger partial charge in [-0.2, -0.15) is 0 Å². The third-order valence-corrected chi connectivity index (χ3v) is 4.68. The second kappa shape index (κ2) is 11.7. The quantitative estimate of drug-likeness (QED) is 0.565. The summed E-state index contributed by atoms with van der Waals surface area (Å²) in [6.07, 6.45) is 0.734. The maximum Gasteiger partial charge on any atom is 0.290 e. The number of fused-ring (bicyclic) bond motifs is 1. The predicted molar refractivity (Wildman–Crippen MR) is 115 cm³/mol. The summed E-state index contributed by atoms with van der Waals surface area (Å²) in [6, 6.07) is 22.6. The highest BCUT2D eigenvalue weighted by Gasteiger charge is 2.14. The fourth-order valence-corrected chi connectivity index (χ4v) is 3.02. The topological polar surface area (TPSA) is 89.6 Å². The zero-order chi connectivity index (χ0) is 21.1. The molecule has 0 aliphatic rings. The van der Waals surface area contributed by atoms with Gasteiger partial charge in [-0.3, -0.25) is 9.59 Å². The average molecular weight is 393 g/mol. The van der Waals surface area contributed by atoms with Crippen molar-refractivity contribution in [2.75, 3.05) is 6.61 Å². The van der Waals surface area contributed by atoms with Crippen LogP contribution in [0.4, 0.5) is 0 Å². The highest BCUT2D eigenvalue weighted by atomic mass is 16.5. The summed E-state index contributed by atoms with van der Waals surface area (Å²) in [5.41, 5.74) is 8.92. The molecule has 0 fully saturated rings. The Balaban J connectivity index is 0.000000941. The zero-order valence-corrected chi connectivity index (χ0v) is 16.6. The van der Waals surface area contributed by atoms with Gasteiger partial charge in [0.2, 0.25) is 0 Å². The molecule has 3 N–H and O–H groups in total. The molecule has 3 rings (SSSR count). The Morgan fingerprint density at radius 2 is 1.59 bits per heavy atom. The number of hydrogen-bond donors (Lipinski definition) is 2. The molecule has 0 saturated heterocycles. The summed E-state index contributed by atoms with van der Waals surface area (Å²) >= 11 is 0. The number of benzene rings is 3. The van der Waals surface area contributed by atoms with Crippen LogP contribution in [0.15, 0.2) is 66.7 Å². The Morgan fingerprint density at radius 3 is 2.24 bits per heavy atom. The number of rotatable bonds is 8. The van der Waals surface area contributed by atoms with E-state index in [-0.39, 0.29) is 24.8 Å². The van der Waals surface area contributed by atoms with Gasteiger partial charge in [-0.05, 0) is 33.9 Å². The van der Waals surface area contributed by atoms with Crippen molar-refractivity contribution >= 4 is 23.0 Å². The van der Waals surface area contributed by atoms with E-state index >= 15 is 0 Å². The van der Waals surface area contributed by atoms with Crippen molar-refractivity contribution in [3.63, 3.8) is 0 Å². The Bertz CT molecular complexity index is 922. The largest absolute Gasteiger partial charge is 0.483 e. The van der Waals surface area contributed by atoms with Gasteiger partial charge in [-0.1, -0.05) is 73.7 Å². The molecule has 152 valence electrons. The van der Waals surface area contributed by atoms with E-state index in [4.69, 9.17) is 20.4 Å². The van der Waals surface area contributed by atoms with E-state index < -0.39 is 0 Å². The number of carbonyl (C=O) groups excluding carboxylic acids is 1. The number of ether oxygens (including phenoxy) is 1. The first-order valence-electron chi connectivity index (χ1n) is 9.51. The van der Waals surface area contributed by atoms with Gasteiger partial charge in [-0.15, -0.1) is 0 Å². The van der Waals surface area contributed by atoms with Crippen molar-refractivity contribution in [3.05, 3.63) is 83.4 Å². The maximum atomic E-state index is 12.4. The minimum atomic E-state index is -0.250. The summed E-state index contributed by atoms with van der Waals surface area (Å²) in [6.45, 7) is 2.84. The molecule has 5 heteroatoms. The standard InChI is InChI=1S/C23H25NO2.CH2O2/c1-17(12-20-10-11-21-4-2-3-5-22(21)13-20)23(25)16-26-15-19-8-6-18(14-24)7-9-19;2-1-3/h2-11,13,17H,12,14-16,24H2,1H3;1H,(H,2,3)/t17-;/m1./s1. The summed E-state index contributed by atoms with van der Waals surface area (Å²) < 4.78 is 5.60. The van der Waals surface area contributed by atoms with Crippen LogP contribution < -0.4 is 5.73 Å². The van der Waals surface area contributed by atoms with Crippen molar-refractivity contribution in [3.8, 4) is 0 Å². The lowest BCUT2D eigenvalue weighted by molar-refractivity contribution is -0.127. The maximum absolute atomic E-state index is 12.4. The molecule has 0 spiro atoms. The van der Waals surface area contributed by atoms with Crippen LogP contribution in [0.25, 0.3) is 10.8 Å². The van der Waals surface area contributed by atoms with E-state index in [1.165, 1.54) is 16.3 Å². The molecule has 0 saturated carbocycles. The van der Waals surface area contributed by atoms with Crippen LogP contribution in [0.3, 0.4) is 0 Å². The number of Topliss-reactive ketones (excluding diaryl/α,β-unsaturated/α-hetero) is 1. The van der Waals surface area contributed by atoms with Crippen molar-refractivity contribution in [2.45, 2.75) is 26.5 Å². The zero-order valence-electron chi connectivity index (χ0n) is 16.6. The fraction of sp³-hybridized carbons (Fsp3) is 0.250. The molecular formula is C24H27NO4. The molecule has 0 bridgehead atoms. The first-order chi connectivity index (χ1) is 14.1. The van der Waals surface area contributed by atoms with E-state index in [1.807, 2.05) is 43.3 Å². The van der Waals surface area contributed by atoms with Gasteiger partial charge in [-0.25, -0.2) is 0 Å². The molecule has 29 heavy (non-hydrogen) atoms. The fourth-order valence-electron chi connectivity index (χ4n) is 3.02. The minimum absolute atomic E-state index is 0.0595. The molecular weight excluding hydrogens is 366 g/mol. The van der Waals surface area contributed by atoms with Crippen LogP contribution in [-0.2, 0) is 33.9 Å². The first kappa shape index (κ1) is 22.3. The van der Waals surface area contributed by atoms with E-state index in [0.717, 1.165) is 17.5 Å². The third-order valence-electron chi connectivity index (χ3n) is 4.68. The second-order valence-corrected chi connectivity index (χ2v) is 6.87. The van der Waals surface area contributed by atoms with Crippen LogP contribution in [0.1, 0.15) is 23.6 Å². The van der Waals surface area contributed by atoms with Crippen molar-refractivity contribution in [2.24, 2.45) is 11.7 Å². The third kappa shape index (κ3) is 7.14. The smallest absolute Gasteiger partial charge is 0.290 e. The lowest BCUT2D eigenvalue weighted by Gasteiger charge is -2.12. The van der Waals surface area contributed by atoms with Crippen LogP contribution in [-0.4, -0.2) is 24.0 Å². The highest BCUT2D eigenvalue weighted by molar-refractivity contribution is 5.84. The average Bonchev–Trinajstić information content (AvgIpc) is 2.74. The highest BCUT2D eigenvalue weighted by Crippen LogP contribution is 2.18. The summed E-state index contributed by atoms with van der Waals surface area (Å²) in [5, 5.41) is 9.32. The number of carbonyl (C=O) groups is 2. The molecule has 0 aromatic heterocycles. The molecule has 0 heterocycles. The van der Waals surface area contributed by atoms with Crippen LogP contribution in [0.5, 0.6) is 0 Å².